The Morgan fingerprint density at radius 2 is 2.14 bits per heavy atom. The van der Waals surface area contributed by atoms with Crippen LogP contribution in [0.3, 0.4) is 0 Å². The van der Waals surface area contributed by atoms with Gasteiger partial charge in [0.2, 0.25) is 5.91 Å². The summed E-state index contributed by atoms with van der Waals surface area (Å²) in [7, 11) is 1.66. The molecule has 1 saturated carbocycles. The molecule has 0 bridgehead atoms. The fraction of sp³-hybridized carbons (Fsp3) is 0.611. The molecule has 22 heavy (non-hydrogen) atoms. The van der Waals surface area contributed by atoms with Crippen molar-refractivity contribution in [1.29, 1.82) is 0 Å². The largest absolute Gasteiger partial charge is 0.497 e. The molecule has 2 atom stereocenters. The third kappa shape index (κ3) is 5.02. The van der Waals surface area contributed by atoms with Crippen molar-refractivity contribution < 1.29 is 14.6 Å². The van der Waals surface area contributed by atoms with Crippen LogP contribution in [0.5, 0.6) is 5.75 Å². The molecule has 2 rings (SSSR count). The van der Waals surface area contributed by atoms with Crippen LogP contribution in [-0.4, -0.2) is 30.3 Å². The second-order valence-corrected chi connectivity index (χ2v) is 6.58. The maximum atomic E-state index is 12.1. The molecule has 0 saturated heterocycles. The van der Waals surface area contributed by atoms with Crippen molar-refractivity contribution in [1.82, 2.24) is 5.32 Å². The lowest BCUT2D eigenvalue weighted by atomic mass is 10.00. The van der Waals surface area contributed by atoms with Crippen LogP contribution >= 0.6 is 0 Å². The number of carbonyl (C=O) groups is 1. The van der Waals surface area contributed by atoms with E-state index in [0.717, 1.165) is 12.2 Å². The molecule has 2 unspecified atom stereocenters. The molecule has 4 heteroatoms. The number of carbonyl (C=O) groups excluding carboxylic acids is 1. The number of aliphatic hydroxyl groups excluding tert-OH is 1. The minimum atomic E-state index is -0.573. The molecule has 0 aromatic heterocycles. The summed E-state index contributed by atoms with van der Waals surface area (Å²) in [5.74, 6) is 1.45. The second-order valence-electron chi connectivity index (χ2n) is 6.58. The first-order valence-electron chi connectivity index (χ1n) is 8.10. The zero-order valence-electron chi connectivity index (χ0n) is 13.7. The number of methoxy groups -OCH3 is 1. The first-order valence-corrected chi connectivity index (χ1v) is 8.10. The van der Waals surface area contributed by atoms with Crippen LogP contribution in [-0.2, 0) is 11.2 Å². The molecular weight excluding hydrogens is 278 g/mol. The standard InChI is InChI=1S/C18H27NO3/c1-12(2)17(20)11-18(21)19-16(14-7-8-14)10-13-5-4-6-15(9-13)22-3/h4-6,9,12,14,16-17,20H,7-8,10-11H2,1-3H3,(H,19,21). The van der Waals surface area contributed by atoms with Gasteiger partial charge < -0.3 is 15.2 Å². The first-order chi connectivity index (χ1) is 10.5. The van der Waals surface area contributed by atoms with E-state index in [-0.39, 0.29) is 24.3 Å². The smallest absolute Gasteiger partial charge is 0.222 e. The first kappa shape index (κ1) is 16.8. The van der Waals surface area contributed by atoms with E-state index in [4.69, 9.17) is 4.74 Å². The molecule has 0 radical (unpaired) electrons. The van der Waals surface area contributed by atoms with E-state index in [0.29, 0.717) is 5.92 Å². The highest BCUT2D eigenvalue weighted by Gasteiger charge is 2.32. The Balaban J connectivity index is 1.94. The Kier molecular flexibility index (Phi) is 5.83. The van der Waals surface area contributed by atoms with Gasteiger partial charge >= 0.3 is 0 Å². The van der Waals surface area contributed by atoms with Crippen molar-refractivity contribution in [2.45, 2.75) is 51.7 Å². The summed E-state index contributed by atoms with van der Waals surface area (Å²) in [6, 6.07) is 8.13. The highest BCUT2D eigenvalue weighted by Crippen LogP contribution is 2.34. The van der Waals surface area contributed by atoms with E-state index < -0.39 is 6.10 Å². The average molecular weight is 305 g/mol. The maximum Gasteiger partial charge on any atom is 0.222 e. The van der Waals surface area contributed by atoms with Gasteiger partial charge in [0, 0.05) is 6.04 Å². The van der Waals surface area contributed by atoms with Crippen molar-refractivity contribution in [3.8, 4) is 5.75 Å². The van der Waals surface area contributed by atoms with Crippen molar-refractivity contribution in [2.75, 3.05) is 7.11 Å². The molecule has 1 fully saturated rings. The van der Waals surface area contributed by atoms with Crippen LogP contribution in [0.25, 0.3) is 0 Å². The highest BCUT2D eigenvalue weighted by atomic mass is 16.5. The average Bonchev–Trinajstić information content (AvgIpc) is 3.31. The summed E-state index contributed by atoms with van der Waals surface area (Å²) < 4.78 is 5.25. The highest BCUT2D eigenvalue weighted by molar-refractivity contribution is 5.76. The van der Waals surface area contributed by atoms with Gasteiger partial charge in [-0.15, -0.1) is 0 Å². The predicted molar refractivity (Wildman–Crippen MR) is 86.8 cm³/mol. The predicted octanol–water partition coefficient (Wildman–Crippen LogP) is 2.54. The van der Waals surface area contributed by atoms with Crippen LogP contribution in [0.1, 0.15) is 38.7 Å². The van der Waals surface area contributed by atoms with Gasteiger partial charge in [0.15, 0.2) is 0 Å². The topological polar surface area (TPSA) is 58.6 Å². The quantitative estimate of drug-likeness (QED) is 0.776. The van der Waals surface area contributed by atoms with Gasteiger partial charge in [0.25, 0.3) is 0 Å². The summed E-state index contributed by atoms with van der Waals surface area (Å²) in [6.45, 7) is 3.85. The number of aliphatic hydroxyl groups is 1. The van der Waals surface area contributed by atoms with E-state index in [2.05, 4.69) is 11.4 Å². The normalized spacial score (nSPS) is 17.1. The summed E-state index contributed by atoms with van der Waals surface area (Å²) in [4.78, 5) is 12.1. The Morgan fingerprint density at radius 1 is 1.41 bits per heavy atom. The monoisotopic (exact) mass is 305 g/mol. The molecule has 1 aromatic rings. The molecule has 0 aliphatic heterocycles. The van der Waals surface area contributed by atoms with E-state index in [1.807, 2.05) is 32.0 Å². The fourth-order valence-electron chi connectivity index (χ4n) is 2.58. The Labute approximate surface area is 132 Å². The molecular formula is C18H27NO3. The van der Waals surface area contributed by atoms with Gasteiger partial charge in [0.1, 0.15) is 5.75 Å². The number of ether oxygens (including phenoxy) is 1. The SMILES string of the molecule is COc1cccc(CC(NC(=O)CC(O)C(C)C)C2CC2)c1. The van der Waals surface area contributed by atoms with Crippen LogP contribution in [0.15, 0.2) is 24.3 Å². The number of hydrogen-bond donors (Lipinski definition) is 2. The van der Waals surface area contributed by atoms with Gasteiger partial charge in [-0.25, -0.2) is 0 Å². The van der Waals surface area contributed by atoms with Gasteiger partial charge in [-0.3, -0.25) is 4.79 Å². The zero-order chi connectivity index (χ0) is 16.1. The number of hydrogen-bond acceptors (Lipinski definition) is 3. The lowest BCUT2D eigenvalue weighted by molar-refractivity contribution is -0.124. The molecule has 1 amide bonds. The lowest BCUT2D eigenvalue weighted by Crippen LogP contribution is -2.40. The Hall–Kier alpha value is -1.55. The number of amides is 1. The minimum absolute atomic E-state index is 0.0546. The van der Waals surface area contributed by atoms with Crippen LogP contribution in [0, 0.1) is 11.8 Å². The molecule has 122 valence electrons. The van der Waals surface area contributed by atoms with Gasteiger partial charge in [-0.2, -0.15) is 0 Å². The number of rotatable bonds is 8. The molecule has 0 spiro atoms. The number of nitrogens with one attached hydrogen (secondary N) is 1. The van der Waals surface area contributed by atoms with Crippen molar-refractivity contribution in [3.05, 3.63) is 29.8 Å². The summed E-state index contributed by atoms with van der Waals surface area (Å²) in [5.41, 5.74) is 1.17. The van der Waals surface area contributed by atoms with Gasteiger partial charge in [-0.05, 0) is 48.8 Å². The second kappa shape index (κ2) is 7.63. The van der Waals surface area contributed by atoms with E-state index >= 15 is 0 Å². The van der Waals surface area contributed by atoms with E-state index in [1.165, 1.54) is 18.4 Å². The van der Waals surface area contributed by atoms with Crippen molar-refractivity contribution in [3.63, 3.8) is 0 Å². The van der Waals surface area contributed by atoms with Crippen LogP contribution in [0.2, 0.25) is 0 Å². The Morgan fingerprint density at radius 3 is 2.73 bits per heavy atom. The molecule has 1 aromatic carbocycles. The summed E-state index contributed by atoms with van der Waals surface area (Å²) in [6.07, 6.45) is 2.75. The molecule has 0 heterocycles. The molecule has 2 N–H and O–H groups in total. The van der Waals surface area contributed by atoms with E-state index in [1.54, 1.807) is 7.11 Å². The zero-order valence-corrected chi connectivity index (χ0v) is 13.7. The molecule has 4 nitrogen and oxygen atoms in total. The molecule has 1 aliphatic carbocycles. The van der Waals surface area contributed by atoms with Crippen LogP contribution < -0.4 is 10.1 Å². The third-order valence-electron chi connectivity index (χ3n) is 4.29. The van der Waals surface area contributed by atoms with Crippen molar-refractivity contribution >= 4 is 5.91 Å². The van der Waals surface area contributed by atoms with Gasteiger partial charge in [-0.1, -0.05) is 26.0 Å². The molecule has 1 aliphatic rings. The minimum Gasteiger partial charge on any atom is -0.497 e. The van der Waals surface area contributed by atoms with E-state index in [9.17, 15) is 9.90 Å². The Bertz CT molecular complexity index is 497. The van der Waals surface area contributed by atoms with Gasteiger partial charge in [0.05, 0.1) is 19.6 Å². The van der Waals surface area contributed by atoms with Crippen LogP contribution in [0.4, 0.5) is 0 Å². The lowest BCUT2D eigenvalue weighted by Gasteiger charge is -2.21. The maximum absolute atomic E-state index is 12.1. The third-order valence-corrected chi connectivity index (χ3v) is 4.29. The van der Waals surface area contributed by atoms with Crippen molar-refractivity contribution in [2.24, 2.45) is 11.8 Å². The fourth-order valence-corrected chi connectivity index (χ4v) is 2.58. The number of benzene rings is 1. The summed E-state index contributed by atoms with van der Waals surface area (Å²) >= 11 is 0. The summed E-state index contributed by atoms with van der Waals surface area (Å²) in [5, 5.41) is 13.0.